The molecule has 0 aliphatic carbocycles. The standard InChI is InChI=1S/C9H15N5O2/c10-8-5-9-13(6-8)11-7-14(9)12(1-3-15)2-4-16/h5-7,15-16H,1-4,10H2. The number of anilines is 1. The first-order valence-electron chi connectivity index (χ1n) is 5.04. The molecule has 0 atom stereocenters. The van der Waals surface area contributed by atoms with Gasteiger partial charge in [-0.25, -0.2) is 9.19 Å². The summed E-state index contributed by atoms with van der Waals surface area (Å²) in [7, 11) is 0. The second-order valence-electron chi connectivity index (χ2n) is 3.45. The molecule has 7 heteroatoms. The Morgan fingerprint density at radius 2 is 2.00 bits per heavy atom. The minimum atomic E-state index is 0.0144. The van der Waals surface area contributed by atoms with E-state index >= 15 is 0 Å². The van der Waals surface area contributed by atoms with Crippen LogP contribution in [0.3, 0.4) is 0 Å². The molecular weight excluding hydrogens is 210 g/mol. The van der Waals surface area contributed by atoms with E-state index in [1.54, 1.807) is 32.8 Å². The van der Waals surface area contributed by atoms with Gasteiger partial charge in [-0.3, -0.25) is 0 Å². The Labute approximate surface area is 92.3 Å². The van der Waals surface area contributed by atoms with Crippen LogP contribution in [-0.4, -0.2) is 50.8 Å². The van der Waals surface area contributed by atoms with Crippen molar-refractivity contribution < 1.29 is 10.2 Å². The third-order valence-corrected chi connectivity index (χ3v) is 2.34. The number of nitrogens with two attached hydrogens (primary N) is 1. The monoisotopic (exact) mass is 225 g/mol. The quantitative estimate of drug-likeness (QED) is 0.584. The summed E-state index contributed by atoms with van der Waals surface area (Å²) in [5.74, 6) is 0. The zero-order valence-electron chi connectivity index (χ0n) is 8.82. The lowest BCUT2D eigenvalue weighted by Gasteiger charge is -2.23. The van der Waals surface area contributed by atoms with Crippen LogP contribution in [0.25, 0.3) is 5.65 Å². The SMILES string of the molecule is Nc1cc2n(N(CCO)CCO)cnn2c1. The lowest BCUT2D eigenvalue weighted by molar-refractivity contribution is 0.266. The minimum Gasteiger partial charge on any atom is -0.397 e. The molecule has 2 heterocycles. The van der Waals surface area contributed by atoms with Crippen molar-refractivity contribution in [3.63, 3.8) is 0 Å². The highest BCUT2D eigenvalue weighted by Crippen LogP contribution is 2.11. The number of rotatable bonds is 5. The predicted octanol–water partition coefficient (Wildman–Crippen LogP) is -1.36. The van der Waals surface area contributed by atoms with Crippen LogP contribution in [0.15, 0.2) is 18.6 Å². The Morgan fingerprint density at radius 3 is 2.62 bits per heavy atom. The van der Waals surface area contributed by atoms with Crippen molar-refractivity contribution in [1.29, 1.82) is 0 Å². The van der Waals surface area contributed by atoms with Crippen LogP contribution in [-0.2, 0) is 0 Å². The number of hydrogen-bond donors (Lipinski definition) is 3. The maximum absolute atomic E-state index is 8.95. The van der Waals surface area contributed by atoms with Crippen molar-refractivity contribution in [3.05, 3.63) is 18.6 Å². The summed E-state index contributed by atoms with van der Waals surface area (Å²) in [5.41, 5.74) is 7.09. The molecule has 0 fully saturated rings. The van der Waals surface area contributed by atoms with Gasteiger partial charge in [-0.1, -0.05) is 0 Å². The number of aliphatic hydroxyl groups excluding tert-OH is 2. The zero-order chi connectivity index (χ0) is 11.5. The highest BCUT2D eigenvalue weighted by molar-refractivity contribution is 5.54. The molecule has 0 unspecified atom stereocenters. The molecule has 16 heavy (non-hydrogen) atoms. The van der Waals surface area contributed by atoms with Gasteiger partial charge in [0.15, 0.2) is 5.65 Å². The largest absolute Gasteiger partial charge is 0.397 e. The summed E-state index contributed by atoms with van der Waals surface area (Å²) in [6.07, 6.45) is 3.34. The summed E-state index contributed by atoms with van der Waals surface area (Å²) in [4.78, 5) is 0. The van der Waals surface area contributed by atoms with E-state index in [9.17, 15) is 0 Å². The van der Waals surface area contributed by atoms with Crippen molar-refractivity contribution >= 4 is 11.3 Å². The van der Waals surface area contributed by atoms with Crippen molar-refractivity contribution in [1.82, 2.24) is 14.3 Å². The molecule has 0 aliphatic rings. The minimum absolute atomic E-state index is 0.0144. The van der Waals surface area contributed by atoms with Gasteiger partial charge in [0.2, 0.25) is 0 Å². The van der Waals surface area contributed by atoms with Crippen LogP contribution in [0.1, 0.15) is 0 Å². The first kappa shape index (κ1) is 10.8. The van der Waals surface area contributed by atoms with Crippen molar-refractivity contribution in [2.24, 2.45) is 0 Å². The van der Waals surface area contributed by atoms with Gasteiger partial charge in [0.05, 0.1) is 38.2 Å². The average Bonchev–Trinajstić information content (AvgIpc) is 2.76. The highest BCUT2D eigenvalue weighted by atomic mass is 16.3. The van der Waals surface area contributed by atoms with Crippen LogP contribution in [0.4, 0.5) is 5.69 Å². The number of hydrogen-bond acceptors (Lipinski definition) is 5. The predicted molar refractivity (Wildman–Crippen MR) is 59.7 cm³/mol. The van der Waals surface area contributed by atoms with Crippen molar-refractivity contribution in [2.75, 3.05) is 37.0 Å². The van der Waals surface area contributed by atoms with E-state index in [1.165, 1.54) is 0 Å². The van der Waals surface area contributed by atoms with Gasteiger partial charge in [-0.05, 0) is 0 Å². The molecule has 2 aromatic heterocycles. The summed E-state index contributed by atoms with van der Waals surface area (Å²) in [6.45, 7) is 0.885. The van der Waals surface area contributed by atoms with E-state index in [2.05, 4.69) is 5.10 Å². The smallest absolute Gasteiger partial charge is 0.156 e. The molecule has 0 saturated heterocycles. The fourth-order valence-corrected chi connectivity index (χ4v) is 1.66. The van der Waals surface area contributed by atoms with Crippen LogP contribution in [0.5, 0.6) is 0 Å². The molecule has 88 valence electrons. The summed E-state index contributed by atoms with van der Waals surface area (Å²) in [6, 6.07) is 1.79. The van der Waals surface area contributed by atoms with Gasteiger partial charge < -0.3 is 21.0 Å². The van der Waals surface area contributed by atoms with E-state index in [0.29, 0.717) is 18.8 Å². The first-order valence-corrected chi connectivity index (χ1v) is 5.04. The lowest BCUT2D eigenvalue weighted by atomic mass is 10.5. The van der Waals surface area contributed by atoms with Crippen molar-refractivity contribution in [3.8, 4) is 0 Å². The Bertz CT molecular complexity index is 457. The number of nitrogen functional groups attached to an aromatic ring is 1. The van der Waals surface area contributed by atoms with Gasteiger partial charge in [-0.2, -0.15) is 5.10 Å². The number of nitrogens with zero attached hydrogens (tertiary/aromatic N) is 4. The molecule has 0 bridgehead atoms. The molecule has 0 aromatic carbocycles. The summed E-state index contributed by atoms with van der Waals surface area (Å²) >= 11 is 0. The fraction of sp³-hybridized carbons (Fsp3) is 0.444. The van der Waals surface area contributed by atoms with Crippen LogP contribution < -0.4 is 10.7 Å². The summed E-state index contributed by atoms with van der Waals surface area (Å²) in [5, 5.41) is 23.8. The third-order valence-electron chi connectivity index (χ3n) is 2.34. The van der Waals surface area contributed by atoms with E-state index in [-0.39, 0.29) is 13.2 Å². The Morgan fingerprint density at radius 1 is 1.31 bits per heavy atom. The molecule has 7 nitrogen and oxygen atoms in total. The summed E-state index contributed by atoms with van der Waals surface area (Å²) < 4.78 is 3.42. The number of aromatic nitrogens is 3. The molecule has 0 amide bonds. The topological polar surface area (TPSA) is 92.0 Å². The van der Waals surface area contributed by atoms with E-state index < -0.39 is 0 Å². The Balaban J connectivity index is 2.34. The zero-order valence-corrected chi connectivity index (χ0v) is 8.82. The highest BCUT2D eigenvalue weighted by Gasteiger charge is 2.10. The molecular formula is C9H15N5O2. The Hall–Kier alpha value is -1.73. The lowest BCUT2D eigenvalue weighted by Crippen LogP contribution is -2.38. The van der Waals surface area contributed by atoms with Gasteiger partial charge in [0.1, 0.15) is 6.33 Å². The van der Waals surface area contributed by atoms with Gasteiger partial charge in [-0.15, -0.1) is 0 Å². The average molecular weight is 225 g/mol. The van der Waals surface area contributed by atoms with E-state index in [4.69, 9.17) is 15.9 Å². The van der Waals surface area contributed by atoms with Crippen LogP contribution in [0, 0.1) is 0 Å². The third kappa shape index (κ3) is 1.82. The second-order valence-corrected chi connectivity index (χ2v) is 3.45. The molecule has 0 radical (unpaired) electrons. The maximum Gasteiger partial charge on any atom is 0.156 e. The van der Waals surface area contributed by atoms with Gasteiger partial charge >= 0.3 is 0 Å². The van der Waals surface area contributed by atoms with Crippen LogP contribution >= 0.6 is 0 Å². The normalized spacial score (nSPS) is 11.1. The van der Waals surface area contributed by atoms with E-state index in [1.807, 2.05) is 0 Å². The van der Waals surface area contributed by atoms with Gasteiger partial charge in [0, 0.05) is 6.07 Å². The van der Waals surface area contributed by atoms with Crippen LogP contribution in [0.2, 0.25) is 0 Å². The molecule has 4 N–H and O–H groups in total. The Kier molecular flexibility index (Phi) is 2.97. The van der Waals surface area contributed by atoms with Crippen molar-refractivity contribution in [2.45, 2.75) is 0 Å². The maximum atomic E-state index is 8.95. The molecule has 0 spiro atoms. The van der Waals surface area contributed by atoms with Gasteiger partial charge in [0.25, 0.3) is 0 Å². The van der Waals surface area contributed by atoms with E-state index in [0.717, 1.165) is 5.65 Å². The number of aliphatic hydroxyl groups is 2. The first-order chi connectivity index (χ1) is 7.76. The molecule has 2 aromatic rings. The number of fused-ring (bicyclic) bond motifs is 1. The fourth-order valence-electron chi connectivity index (χ4n) is 1.66. The second kappa shape index (κ2) is 4.42. The molecule has 0 aliphatic heterocycles. The molecule has 2 rings (SSSR count). The molecule has 0 saturated carbocycles.